The van der Waals surface area contributed by atoms with Crippen molar-refractivity contribution in [1.29, 1.82) is 0 Å². The van der Waals surface area contributed by atoms with Crippen LogP contribution in [0.2, 0.25) is 0 Å². The second-order valence-electron chi connectivity index (χ2n) is 5.72. The summed E-state index contributed by atoms with van der Waals surface area (Å²) in [7, 11) is 1.47. The van der Waals surface area contributed by atoms with Crippen molar-refractivity contribution in [1.82, 2.24) is 10.4 Å². The summed E-state index contributed by atoms with van der Waals surface area (Å²) in [6, 6.07) is 15.2. The zero-order valence-corrected chi connectivity index (χ0v) is 16.9. The lowest BCUT2D eigenvalue weighted by molar-refractivity contribution is 0.0728. The van der Waals surface area contributed by atoms with Gasteiger partial charge in [0.2, 0.25) is 0 Å². The summed E-state index contributed by atoms with van der Waals surface area (Å²) in [5.41, 5.74) is 3.87. The number of amides is 1. The monoisotopic (exact) mass is 453 g/mol. The first kappa shape index (κ1) is 20.2. The highest BCUT2D eigenvalue weighted by Crippen LogP contribution is 2.29. The highest BCUT2D eigenvalue weighted by atomic mass is 79.9. The van der Waals surface area contributed by atoms with Crippen molar-refractivity contribution in [2.24, 2.45) is 5.10 Å². The molecule has 3 rings (SSSR count). The van der Waals surface area contributed by atoms with E-state index in [-0.39, 0.29) is 11.7 Å². The van der Waals surface area contributed by atoms with Crippen LogP contribution in [0.3, 0.4) is 0 Å². The molecule has 1 aromatic heterocycles. The van der Waals surface area contributed by atoms with Gasteiger partial charge in [0.1, 0.15) is 0 Å². The number of hydrogen-bond acceptors (Lipinski definition) is 6. The van der Waals surface area contributed by atoms with E-state index < -0.39 is 5.97 Å². The number of nitrogens with zero attached hydrogens (tertiary/aromatic N) is 2. The molecule has 2 aromatic carbocycles. The van der Waals surface area contributed by atoms with Crippen LogP contribution in [-0.4, -0.2) is 30.2 Å². The Balaban J connectivity index is 1.69. The summed E-state index contributed by atoms with van der Waals surface area (Å²) in [5.74, 6) is -0.265. The van der Waals surface area contributed by atoms with Gasteiger partial charge in [-0.3, -0.25) is 9.78 Å². The minimum absolute atomic E-state index is 0.268. The van der Waals surface area contributed by atoms with Crippen molar-refractivity contribution in [3.63, 3.8) is 0 Å². The number of carbonyl (C=O) groups is 2. The van der Waals surface area contributed by atoms with Crippen LogP contribution in [0.4, 0.5) is 0 Å². The van der Waals surface area contributed by atoms with Crippen molar-refractivity contribution in [3.8, 4) is 11.5 Å². The standard InChI is InChI=1S/C21H16BrN3O4/c1-28-19-11-14(12-24-25-20(26)15-5-4-10-23-13-15)8-9-18(19)29-21(27)16-6-2-3-7-17(16)22/h2-13H,1H3,(H,25,26). The van der Waals surface area contributed by atoms with E-state index in [1.165, 1.54) is 19.5 Å². The van der Waals surface area contributed by atoms with E-state index in [1.54, 1.807) is 54.7 Å². The number of benzene rings is 2. The number of esters is 1. The van der Waals surface area contributed by atoms with Gasteiger partial charge in [0.25, 0.3) is 5.91 Å². The number of halogens is 1. The lowest BCUT2D eigenvalue weighted by Crippen LogP contribution is -2.17. The third-order valence-electron chi connectivity index (χ3n) is 3.79. The molecule has 0 atom stereocenters. The summed E-state index contributed by atoms with van der Waals surface area (Å²) in [5, 5.41) is 3.92. The number of pyridine rings is 1. The average Bonchev–Trinajstić information content (AvgIpc) is 2.75. The Morgan fingerprint density at radius 3 is 2.66 bits per heavy atom. The largest absolute Gasteiger partial charge is 0.493 e. The van der Waals surface area contributed by atoms with E-state index in [4.69, 9.17) is 9.47 Å². The molecule has 0 saturated carbocycles. The fraction of sp³-hybridized carbons (Fsp3) is 0.0476. The smallest absolute Gasteiger partial charge is 0.344 e. The number of hydrogen-bond donors (Lipinski definition) is 1. The molecule has 7 nitrogen and oxygen atoms in total. The van der Waals surface area contributed by atoms with E-state index in [9.17, 15) is 9.59 Å². The number of hydrazone groups is 1. The van der Waals surface area contributed by atoms with Gasteiger partial charge in [-0.1, -0.05) is 12.1 Å². The molecule has 0 aliphatic heterocycles. The first-order valence-electron chi connectivity index (χ1n) is 8.46. The van der Waals surface area contributed by atoms with Gasteiger partial charge in [-0.25, -0.2) is 10.2 Å². The van der Waals surface area contributed by atoms with Crippen LogP contribution < -0.4 is 14.9 Å². The fourth-order valence-electron chi connectivity index (χ4n) is 2.36. The quantitative estimate of drug-likeness (QED) is 0.265. The molecule has 0 aliphatic rings. The lowest BCUT2D eigenvalue weighted by atomic mass is 10.2. The van der Waals surface area contributed by atoms with Crippen LogP contribution in [0.5, 0.6) is 11.5 Å². The van der Waals surface area contributed by atoms with Crippen molar-refractivity contribution < 1.29 is 19.1 Å². The zero-order chi connectivity index (χ0) is 20.6. The summed E-state index contributed by atoms with van der Waals surface area (Å²) >= 11 is 3.33. The summed E-state index contributed by atoms with van der Waals surface area (Å²) in [4.78, 5) is 28.2. The average molecular weight is 454 g/mol. The van der Waals surface area contributed by atoms with Crippen LogP contribution in [0.1, 0.15) is 26.3 Å². The van der Waals surface area contributed by atoms with E-state index >= 15 is 0 Å². The molecule has 0 aliphatic carbocycles. The molecule has 29 heavy (non-hydrogen) atoms. The maximum atomic E-state index is 12.4. The lowest BCUT2D eigenvalue weighted by Gasteiger charge is -2.10. The van der Waals surface area contributed by atoms with Gasteiger partial charge >= 0.3 is 5.97 Å². The minimum Gasteiger partial charge on any atom is -0.493 e. The number of methoxy groups -OCH3 is 1. The van der Waals surface area contributed by atoms with Crippen molar-refractivity contribution in [2.75, 3.05) is 7.11 Å². The van der Waals surface area contributed by atoms with Crippen LogP contribution >= 0.6 is 15.9 Å². The number of nitrogens with one attached hydrogen (secondary N) is 1. The Morgan fingerprint density at radius 1 is 1.10 bits per heavy atom. The molecule has 0 radical (unpaired) electrons. The maximum absolute atomic E-state index is 12.4. The molecule has 0 unspecified atom stereocenters. The molecule has 1 N–H and O–H groups in total. The van der Waals surface area contributed by atoms with E-state index in [2.05, 4.69) is 31.4 Å². The molecule has 8 heteroatoms. The summed E-state index contributed by atoms with van der Waals surface area (Å²) < 4.78 is 11.4. The Hall–Kier alpha value is -3.52. The van der Waals surface area contributed by atoms with Gasteiger partial charge in [0.15, 0.2) is 11.5 Å². The second-order valence-corrected chi connectivity index (χ2v) is 6.57. The van der Waals surface area contributed by atoms with Crippen LogP contribution in [0.25, 0.3) is 0 Å². The van der Waals surface area contributed by atoms with Gasteiger partial charge in [-0.15, -0.1) is 0 Å². The van der Waals surface area contributed by atoms with Crippen molar-refractivity contribution >= 4 is 34.0 Å². The molecule has 146 valence electrons. The SMILES string of the molecule is COc1cc(C=NNC(=O)c2cccnc2)ccc1OC(=O)c1ccccc1Br. The molecule has 0 saturated heterocycles. The Morgan fingerprint density at radius 2 is 1.93 bits per heavy atom. The van der Waals surface area contributed by atoms with Gasteiger partial charge in [-0.05, 0) is 64.0 Å². The van der Waals surface area contributed by atoms with E-state index in [1.807, 2.05) is 6.07 Å². The molecule has 1 heterocycles. The van der Waals surface area contributed by atoms with Crippen LogP contribution in [-0.2, 0) is 0 Å². The molecular weight excluding hydrogens is 438 g/mol. The number of carbonyl (C=O) groups excluding carboxylic acids is 2. The summed E-state index contributed by atoms with van der Waals surface area (Å²) in [6.45, 7) is 0. The highest BCUT2D eigenvalue weighted by Gasteiger charge is 2.15. The third-order valence-corrected chi connectivity index (χ3v) is 4.48. The van der Waals surface area contributed by atoms with Crippen molar-refractivity contribution in [2.45, 2.75) is 0 Å². The van der Waals surface area contributed by atoms with Gasteiger partial charge in [0.05, 0.1) is 24.5 Å². The van der Waals surface area contributed by atoms with Crippen molar-refractivity contribution in [3.05, 3.63) is 88.2 Å². The predicted molar refractivity (Wildman–Crippen MR) is 111 cm³/mol. The van der Waals surface area contributed by atoms with Gasteiger partial charge in [-0.2, -0.15) is 5.10 Å². The maximum Gasteiger partial charge on any atom is 0.344 e. The Labute approximate surface area is 175 Å². The van der Waals surface area contributed by atoms with Gasteiger partial charge < -0.3 is 9.47 Å². The first-order chi connectivity index (χ1) is 14.1. The third kappa shape index (κ3) is 5.26. The summed E-state index contributed by atoms with van der Waals surface area (Å²) in [6.07, 6.45) is 4.48. The number of ether oxygens (including phenoxy) is 2. The van der Waals surface area contributed by atoms with Crippen LogP contribution in [0, 0.1) is 0 Å². The normalized spacial score (nSPS) is 10.6. The fourth-order valence-corrected chi connectivity index (χ4v) is 2.80. The second kappa shape index (κ2) is 9.61. The number of rotatable bonds is 6. The molecular formula is C21H16BrN3O4. The molecule has 3 aromatic rings. The Kier molecular flexibility index (Phi) is 6.70. The minimum atomic E-state index is -0.513. The molecule has 1 amide bonds. The first-order valence-corrected chi connectivity index (χ1v) is 9.26. The Bertz CT molecular complexity index is 1050. The van der Waals surface area contributed by atoms with Crippen LogP contribution in [0.15, 0.2) is 76.6 Å². The highest BCUT2D eigenvalue weighted by molar-refractivity contribution is 9.10. The molecule has 0 bridgehead atoms. The number of aromatic nitrogens is 1. The van der Waals surface area contributed by atoms with Gasteiger partial charge in [0, 0.05) is 16.9 Å². The molecule has 0 fully saturated rings. The molecule has 0 spiro atoms. The van der Waals surface area contributed by atoms with E-state index in [0.717, 1.165) is 0 Å². The van der Waals surface area contributed by atoms with E-state index in [0.29, 0.717) is 26.9 Å². The zero-order valence-electron chi connectivity index (χ0n) is 15.3. The predicted octanol–water partition coefficient (Wildman–Crippen LogP) is 3.84. The topological polar surface area (TPSA) is 89.9 Å².